The molecule has 2 aromatic rings. The maximum atomic E-state index is 5.20. The first-order valence-corrected chi connectivity index (χ1v) is 8.33. The zero-order valence-electron chi connectivity index (χ0n) is 4.29. The van der Waals surface area contributed by atoms with E-state index in [1.165, 1.54) is 0.542 Å². The molecule has 4 heteroatoms. The molecule has 0 nitrogen and oxygen atoms in total. The molecule has 0 bridgehead atoms. The molecule has 2 heterocycles. The Morgan fingerprint density at radius 2 is 1.78 bits per heavy atom. The van der Waals surface area contributed by atoms with Gasteiger partial charge in [-0.2, -0.15) is 0 Å². The summed E-state index contributed by atoms with van der Waals surface area (Å²) in [5.41, 5.74) is 0. The summed E-state index contributed by atoms with van der Waals surface area (Å²) in [6.45, 7) is 0. The average molecular weight is 381 g/mol. The summed E-state index contributed by atoms with van der Waals surface area (Å²) in [7, 11) is 0. The second-order valence-corrected chi connectivity index (χ2v) is 12.8. The molecule has 0 aliphatic heterocycles. The van der Waals surface area contributed by atoms with Crippen LogP contribution in [0.25, 0.3) is 6.80 Å². The van der Waals surface area contributed by atoms with Crippen molar-refractivity contribution in [2.24, 2.45) is 0 Å². The van der Waals surface area contributed by atoms with Crippen molar-refractivity contribution < 1.29 is 0 Å². The molecular formula is C5H2S2Te2. The minimum atomic E-state index is 0.0314. The van der Waals surface area contributed by atoms with Crippen LogP contribution in [0, 0.1) is 0.542 Å². The van der Waals surface area contributed by atoms with Gasteiger partial charge in [-0.25, -0.2) is 0 Å². The standard InChI is InChI=1S/C5H2S2Te2/c6-5-8-3-1-7-2-4(3)9-5/h1-2H. The Hall–Kier alpha value is 1.37. The van der Waals surface area contributed by atoms with E-state index in [4.69, 9.17) is 12.2 Å². The van der Waals surface area contributed by atoms with E-state index in [1.807, 2.05) is 11.3 Å². The van der Waals surface area contributed by atoms with Crippen molar-refractivity contribution >= 4 is 71.2 Å². The van der Waals surface area contributed by atoms with E-state index in [0.29, 0.717) is 0 Å². The summed E-state index contributed by atoms with van der Waals surface area (Å²) in [4.78, 5) is 0. The van der Waals surface area contributed by atoms with Crippen molar-refractivity contribution in [2.75, 3.05) is 0 Å². The van der Waals surface area contributed by atoms with E-state index in [9.17, 15) is 0 Å². The molecule has 0 amide bonds. The quantitative estimate of drug-likeness (QED) is 0.495. The predicted molar refractivity (Wildman–Crippen MR) is 46.5 cm³/mol. The molecule has 0 aliphatic carbocycles. The molecule has 9 heavy (non-hydrogen) atoms. The summed E-state index contributed by atoms with van der Waals surface area (Å²) in [5.74, 6) is 0. The zero-order chi connectivity index (χ0) is 6.27. The van der Waals surface area contributed by atoms with Gasteiger partial charge in [0.25, 0.3) is 0 Å². The van der Waals surface area contributed by atoms with Gasteiger partial charge in [-0.05, 0) is 0 Å². The summed E-state index contributed by atoms with van der Waals surface area (Å²) in [5, 5.41) is 4.59. The molecule has 0 spiro atoms. The Labute approximate surface area is 81.4 Å². The Kier molecular flexibility index (Phi) is 2.17. The van der Waals surface area contributed by atoms with E-state index >= 15 is 0 Å². The summed E-state index contributed by atoms with van der Waals surface area (Å²) in [6, 6.07) is 0. The van der Waals surface area contributed by atoms with Gasteiger partial charge in [-0.1, -0.05) is 0 Å². The van der Waals surface area contributed by atoms with Gasteiger partial charge < -0.3 is 0 Å². The molecule has 0 aromatic carbocycles. The third kappa shape index (κ3) is 1.36. The van der Waals surface area contributed by atoms with Crippen LogP contribution in [0.2, 0.25) is 0 Å². The molecule has 2 aromatic heterocycles. The third-order valence-corrected chi connectivity index (χ3v) is 12.3. The Morgan fingerprint density at radius 1 is 1.22 bits per heavy atom. The van der Waals surface area contributed by atoms with Crippen molar-refractivity contribution in [1.29, 1.82) is 0 Å². The van der Waals surface area contributed by atoms with Crippen molar-refractivity contribution in [2.45, 2.75) is 0 Å². The van der Waals surface area contributed by atoms with Gasteiger partial charge >= 0.3 is 82.5 Å². The van der Waals surface area contributed by atoms with Gasteiger partial charge in [-0.3, -0.25) is 0 Å². The zero-order valence-corrected chi connectivity index (χ0v) is 10.6. The molecule has 0 aliphatic rings. The van der Waals surface area contributed by atoms with E-state index in [-0.39, 0.29) is 40.9 Å². The minimum absolute atomic E-state index is 0.0314. The van der Waals surface area contributed by atoms with Crippen molar-refractivity contribution in [3.63, 3.8) is 0 Å². The number of rotatable bonds is 0. The summed E-state index contributed by atoms with van der Waals surface area (Å²) in [6.07, 6.45) is 0. The van der Waals surface area contributed by atoms with Crippen LogP contribution in [0.4, 0.5) is 0 Å². The van der Waals surface area contributed by atoms with Gasteiger partial charge in [0.2, 0.25) is 0 Å². The molecule has 0 radical (unpaired) electrons. The van der Waals surface area contributed by atoms with Crippen LogP contribution in [0.1, 0.15) is 0 Å². The van der Waals surface area contributed by atoms with Gasteiger partial charge in [0.1, 0.15) is 0 Å². The first-order chi connectivity index (χ1) is 4.36. The van der Waals surface area contributed by atoms with Crippen LogP contribution in [0.15, 0.2) is 10.8 Å². The fourth-order valence-electron chi connectivity index (χ4n) is 0.623. The van der Waals surface area contributed by atoms with Crippen molar-refractivity contribution in [3.05, 3.63) is 11.3 Å². The van der Waals surface area contributed by atoms with Crippen molar-refractivity contribution in [1.82, 2.24) is 0 Å². The van der Waals surface area contributed by atoms with E-state index < -0.39 is 0 Å². The van der Waals surface area contributed by atoms with Gasteiger partial charge in [0, 0.05) is 0 Å². The Bertz CT molecular complexity index is 336. The molecular weight excluding hydrogens is 379 g/mol. The average Bonchev–Trinajstić information content (AvgIpc) is 2.22. The Balaban J connectivity index is 3.08. The number of hydrogen-bond acceptors (Lipinski definition) is 2. The molecule has 0 unspecified atom stereocenters. The van der Waals surface area contributed by atoms with E-state index in [1.54, 1.807) is 6.80 Å². The van der Waals surface area contributed by atoms with E-state index in [2.05, 4.69) is 10.8 Å². The fraction of sp³-hybridized carbons (Fsp3) is 0. The van der Waals surface area contributed by atoms with Crippen LogP contribution in [-0.4, -0.2) is 40.9 Å². The van der Waals surface area contributed by atoms with Gasteiger partial charge in [0.15, 0.2) is 0 Å². The summed E-state index contributed by atoms with van der Waals surface area (Å²) < 4.78 is 4.76. The van der Waals surface area contributed by atoms with Crippen LogP contribution in [0.5, 0.6) is 0 Å². The van der Waals surface area contributed by atoms with Crippen LogP contribution in [-0.2, 0) is 0 Å². The first kappa shape index (κ1) is 7.04. The molecule has 0 saturated carbocycles. The van der Waals surface area contributed by atoms with Gasteiger partial charge in [-0.15, -0.1) is 0 Å². The fourth-order valence-corrected chi connectivity index (χ4v) is 12.6. The second-order valence-electron chi connectivity index (χ2n) is 1.55. The third-order valence-electron chi connectivity index (χ3n) is 0.980. The van der Waals surface area contributed by atoms with Gasteiger partial charge in [0.05, 0.1) is 0 Å². The first-order valence-electron chi connectivity index (χ1n) is 2.32. The normalized spacial score (nSPS) is 10.7. The number of hydrogen-bond donors (Lipinski definition) is 0. The van der Waals surface area contributed by atoms with Crippen molar-refractivity contribution in [3.8, 4) is 0 Å². The Morgan fingerprint density at radius 3 is 2.33 bits per heavy atom. The molecule has 2 rings (SSSR count). The molecule has 0 N–H and O–H groups in total. The predicted octanol–water partition coefficient (Wildman–Crippen LogP) is 1.74. The van der Waals surface area contributed by atoms with Crippen LogP contribution < -0.4 is 0 Å². The van der Waals surface area contributed by atoms with E-state index in [0.717, 1.165) is 0 Å². The number of fused-ring (bicyclic) bond motifs is 1. The summed E-state index contributed by atoms with van der Waals surface area (Å²) >= 11 is 7.11. The van der Waals surface area contributed by atoms with Crippen LogP contribution in [0.3, 0.4) is 0 Å². The van der Waals surface area contributed by atoms with Crippen LogP contribution >= 0.6 is 23.6 Å². The monoisotopic (exact) mass is 386 g/mol. The molecule has 46 valence electrons. The maximum absolute atomic E-state index is 5.20. The topological polar surface area (TPSA) is 0 Å². The molecule has 0 atom stereocenters. The molecule has 0 fully saturated rings. The SMILES string of the molecule is S=c1[te]c2cscc2[te]1. The second kappa shape index (κ2) is 2.78. The number of thiophene rings is 1. The molecule has 0 saturated heterocycles.